The number of rotatable bonds is 10. The van der Waals surface area contributed by atoms with Gasteiger partial charge >= 0.3 is 5.69 Å². The van der Waals surface area contributed by atoms with Gasteiger partial charge in [0.1, 0.15) is 5.82 Å². The highest BCUT2D eigenvalue weighted by Crippen LogP contribution is 2.21. The molecule has 11 nitrogen and oxygen atoms in total. The summed E-state index contributed by atoms with van der Waals surface area (Å²) in [4.78, 5) is 35.5. The van der Waals surface area contributed by atoms with Crippen LogP contribution in [0.4, 0.5) is 23.3 Å². The molecule has 188 valence electrons. The fourth-order valence-electron chi connectivity index (χ4n) is 3.41. The summed E-state index contributed by atoms with van der Waals surface area (Å²) in [5.41, 5.74) is 8.48. The molecule has 2 heterocycles. The molecule has 2 aromatic heterocycles. The fourth-order valence-corrected chi connectivity index (χ4v) is 3.86. The summed E-state index contributed by atoms with van der Waals surface area (Å²) in [6, 6.07) is 19.6. The first-order valence-corrected chi connectivity index (χ1v) is 12.0. The lowest BCUT2D eigenvalue weighted by Crippen LogP contribution is -2.22. The van der Waals surface area contributed by atoms with Crippen molar-refractivity contribution in [1.29, 1.82) is 0 Å². The molecule has 0 fully saturated rings. The number of hydrogen-bond donors (Lipinski definition) is 4. The van der Waals surface area contributed by atoms with Gasteiger partial charge in [-0.15, -0.1) is 0 Å². The summed E-state index contributed by atoms with van der Waals surface area (Å²) < 4.78 is 0.963. The van der Waals surface area contributed by atoms with Crippen LogP contribution in [0.3, 0.4) is 0 Å². The predicted molar refractivity (Wildman–Crippen MR) is 145 cm³/mol. The van der Waals surface area contributed by atoms with Gasteiger partial charge in [0.2, 0.25) is 11.8 Å². The minimum Gasteiger partial charge on any atom is -0.378 e. The third kappa shape index (κ3) is 6.98. The van der Waals surface area contributed by atoms with E-state index in [-0.39, 0.29) is 17.4 Å². The van der Waals surface area contributed by atoms with Gasteiger partial charge in [0, 0.05) is 47.5 Å². The Bertz CT molecular complexity index is 1420. The van der Waals surface area contributed by atoms with Gasteiger partial charge in [0.25, 0.3) is 5.91 Å². The number of hydrogen-bond acceptors (Lipinski definition) is 9. The highest BCUT2D eigenvalue weighted by Gasteiger charge is 2.12. The largest absolute Gasteiger partial charge is 0.378 e. The van der Waals surface area contributed by atoms with Crippen LogP contribution in [0.5, 0.6) is 0 Å². The second-order valence-electron chi connectivity index (χ2n) is 7.87. The second-order valence-corrected chi connectivity index (χ2v) is 8.78. The van der Waals surface area contributed by atoms with Crippen LogP contribution >= 0.6 is 15.9 Å². The highest BCUT2D eigenvalue weighted by molar-refractivity contribution is 9.10. The van der Waals surface area contributed by atoms with Gasteiger partial charge in [-0.3, -0.25) is 14.9 Å². The van der Waals surface area contributed by atoms with Crippen molar-refractivity contribution in [3.8, 4) is 11.3 Å². The smallest absolute Gasteiger partial charge is 0.311 e. The maximum atomic E-state index is 12.5. The number of pyridine rings is 1. The van der Waals surface area contributed by atoms with Crippen LogP contribution in [-0.4, -0.2) is 38.9 Å². The van der Waals surface area contributed by atoms with E-state index in [0.29, 0.717) is 42.7 Å². The predicted octanol–water partition coefficient (Wildman–Crippen LogP) is 4.25. The average molecular weight is 563 g/mol. The maximum absolute atomic E-state index is 12.5. The SMILES string of the molecule is Nc1nc(NCCNc2nccc(-c3ccc(C(=O)NCc4cccc(Br)c4)cc3)n2)ccc1[N+](=O)[O-]. The molecule has 5 N–H and O–H groups in total. The van der Waals surface area contributed by atoms with Gasteiger partial charge in [-0.25, -0.2) is 15.0 Å². The Morgan fingerprint density at radius 1 is 1.00 bits per heavy atom. The van der Waals surface area contributed by atoms with E-state index in [9.17, 15) is 14.9 Å². The zero-order valence-corrected chi connectivity index (χ0v) is 21.1. The number of carbonyl (C=O) groups is 1. The summed E-state index contributed by atoms with van der Waals surface area (Å²) in [7, 11) is 0. The molecule has 0 saturated heterocycles. The number of halogens is 1. The fraction of sp³-hybridized carbons (Fsp3) is 0.120. The molecule has 0 aliphatic heterocycles. The topological polar surface area (TPSA) is 161 Å². The van der Waals surface area contributed by atoms with Crippen LogP contribution in [0.2, 0.25) is 0 Å². The van der Waals surface area contributed by atoms with Crippen LogP contribution in [-0.2, 0) is 6.54 Å². The number of nitrogen functional groups attached to an aromatic ring is 1. The van der Waals surface area contributed by atoms with E-state index in [1.54, 1.807) is 24.4 Å². The molecule has 1 amide bonds. The molecular formula is C25H23BrN8O3. The molecule has 0 radical (unpaired) electrons. The molecular weight excluding hydrogens is 540 g/mol. The number of nitro groups is 1. The molecule has 4 rings (SSSR count). The van der Waals surface area contributed by atoms with Gasteiger partial charge in [-0.2, -0.15) is 0 Å². The van der Waals surface area contributed by atoms with Gasteiger partial charge < -0.3 is 21.7 Å². The molecule has 0 bridgehead atoms. The van der Waals surface area contributed by atoms with Crippen LogP contribution in [0, 0.1) is 10.1 Å². The number of benzene rings is 2. The lowest BCUT2D eigenvalue weighted by atomic mass is 10.1. The molecule has 0 spiro atoms. The summed E-state index contributed by atoms with van der Waals surface area (Å²) in [6.07, 6.45) is 1.65. The minimum absolute atomic E-state index is 0.146. The zero-order chi connectivity index (χ0) is 26.2. The molecule has 4 aromatic rings. The Morgan fingerprint density at radius 2 is 1.78 bits per heavy atom. The lowest BCUT2D eigenvalue weighted by Gasteiger charge is -2.09. The van der Waals surface area contributed by atoms with Gasteiger partial charge in [0.15, 0.2) is 0 Å². The van der Waals surface area contributed by atoms with Gasteiger partial charge in [-0.1, -0.05) is 40.2 Å². The standard InChI is InChI=1S/C25H23BrN8O3/c26-19-3-1-2-16(14-19)15-31-24(35)18-6-4-17(5-7-18)20-10-11-29-25(32-20)30-13-12-28-22-9-8-21(34(36)37)23(27)33-22/h1-11,14H,12-13,15H2,(H,31,35)(H3,27,28,33)(H,29,30,32). The van der Waals surface area contributed by atoms with Crippen molar-refractivity contribution in [1.82, 2.24) is 20.3 Å². The van der Waals surface area contributed by atoms with Crippen molar-refractivity contribution in [2.24, 2.45) is 0 Å². The van der Waals surface area contributed by atoms with Crippen LogP contribution in [0.25, 0.3) is 11.3 Å². The van der Waals surface area contributed by atoms with E-state index in [1.807, 2.05) is 36.4 Å². The number of aromatic nitrogens is 3. The summed E-state index contributed by atoms with van der Waals surface area (Å²) in [5, 5.41) is 19.9. The Morgan fingerprint density at radius 3 is 2.51 bits per heavy atom. The third-order valence-electron chi connectivity index (χ3n) is 5.25. The van der Waals surface area contributed by atoms with Gasteiger partial charge in [-0.05, 0) is 42.0 Å². The Balaban J connectivity index is 1.29. The van der Waals surface area contributed by atoms with Crippen LogP contribution in [0.15, 0.2) is 77.4 Å². The lowest BCUT2D eigenvalue weighted by molar-refractivity contribution is -0.384. The second kappa shape index (κ2) is 11.9. The van der Waals surface area contributed by atoms with E-state index in [4.69, 9.17) is 5.73 Å². The quantitative estimate of drug-likeness (QED) is 0.126. The van der Waals surface area contributed by atoms with Crippen molar-refractivity contribution in [3.05, 3.63) is 98.6 Å². The Hall–Kier alpha value is -4.58. The van der Waals surface area contributed by atoms with Crippen LogP contribution in [0.1, 0.15) is 15.9 Å². The van der Waals surface area contributed by atoms with E-state index < -0.39 is 4.92 Å². The Kier molecular flexibility index (Phi) is 8.21. The number of nitrogens with one attached hydrogen (secondary N) is 3. The zero-order valence-electron chi connectivity index (χ0n) is 19.5. The van der Waals surface area contributed by atoms with Gasteiger partial charge in [0.05, 0.1) is 10.6 Å². The molecule has 0 atom stereocenters. The average Bonchev–Trinajstić information content (AvgIpc) is 2.90. The summed E-state index contributed by atoms with van der Waals surface area (Å²) in [6.45, 7) is 1.37. The minimum atomic E-state index is -0.578. The molecule has 0 aliphatic carbocycles. The van der Waals surface area contributed by atoms with Crippen LogP contribution < -0.4 is 21.7 Å². The van der Waals surface area contributed by atoms with Crippen molar-refractivity contribution in [2.45, 2.75) is 6.54 Å². The summed E-state index contributed by atoms with van der Waals surface area (Å²) >= 11 is 3.43. The van der Waals surface area contributed by atoms with Crippen molar-refractivity contribution < 1.29 is 9.72 Å². The first-order chi connectivity index (χ1) is 17.9. The summed E-state index contributed by atoms with van der Waals surface area (Å²) in [5.74, 6) is 0.562. The first kappa shape index (κ1) is 25.5. The first-order valence-electron chi connectivity index (χ1n) is 11.2. The highest BCUT2D eigenvalue weighted by atomic mass is 79.9. The van der Waals surface area contributed by atoms with E-state index in [1.165, 1.54) is 12.1 Å². The normalized spacial score (nSPS) is 10.5. The molecule has 37 heavy (non-hydrogen) atoms. The van der Waals surface area contributed by atoms with Crippen molar-refractivity contribution >= 4 is 45.1 Å². The van der Waals surface area contributed by atoms with E-state index in [0.717, 1.165) is 15.6 Å². The maximum Gasteiger partial charge on any atom is 0.311 e. The number of carbonyl (C=O) groups excluding carboxylic acids is 1. The number of anilines is 3. The van der Waals surface area contributed by atoms with E-state index >= 15 is 0 Å². The molecule has 0 unspecified atom stereocenters. The Labute approximate surface area is 220 Å². The molecule has 12 heteroatoms. The number of nitrogens with two attached hydrogens (primary N) is 1. The van der Waals surface area contributed by atoms with Crippen molar-refractivity contribution in [3.63, 3.8) is 0 Å². The monoisotopic (exact) mass is 562 g/mol. The molecule has 0 aliphatic rings. The van der Waals surface area contributed by atoms with E-state index in [2.05, 4.69) is 46.8 Å². The molecule has 0 saturated carbocycles. The molecule has 2 aromatic carbocycles. The van der Waals surface area contributed by atoms with Crippen molar-refractivity contribution in [2.75, 3.05) is 29.5 Å². The number of amides is 1. The number of nitrogens with zero attached hydrogens (tertiary/aromatic N) is 4. The third-order valence-corrected chi connectivity index (χ3v) is 5.75.